The Morgan fingerprint density at radius 2 is 1.50 bits per heavy atom. The Hall–Kier alpha value is -1.38. The van der Waals surface area contributed by atoms with Crippen molar-refractivity contribution in [3.8, 4) is 0 Å². The normalized spacial score (nSPS) is 15.9. The van der Waals surface area contributed by atoms with Crippen LogP contribution in [0.1, 0.15) is 12.0 Å². The van der Waals surface area contributed by atoms with E-state index in [0.717, 1.165) is 16.8 Å². The van der Waals surface area contributed by atoms with E-state index in [-0.39, 0.29) is 38.5 Å². The molecule has 0 aromatic heterocycles. The third-order valence-electron chi connectivity index (χ3n) is 2.99. The number of para-hydroxylation sites is 1. The van der Waals surface area contributed by atoms with Gasteiger partial charge in [0.15, 0.2) is 0 Å². The van der Waals surface area contributed by atoms with Gasteiger partial charge in [0.1, 0.15) is 0 Å². The first-order valence-electron chi connectivity index (χ1n) is 6.18. The van der Waals surface area contributed by atoms with Crippen LogP contribution in [0.15, 0.2) is 65.7 Å². The molecule has 0 saturated carbocycles. The Morgan fingerprint density at radius 1 is 0.900 bits per heavy atom. The van der Waals surface area contributed by atoms with Crippen LogP contribution in [-0.4, -0.2) is 11.5 Å². The van der Waals surface area contributed by atoms with Crippen LogP contribution in [0.2, 0.25) is 0 Å². The van der Waals surface area contributed by atoms with E-state index in [0.29, 0.717) is 12.1 Å². The molecule has 1 aliphatic rings. The summed E-state index contributed by atoms with van der Waals surface area (Å²) >= 11 is 0. The van der Waals surface area contributed by atoms with Gasteiger partial charge in [-0.15, -0.1) is 23.8 Å². The monoisotopic (exact) mass is 335 g/mol. The summed E-state index contributed by atoms with van der Waals surface area (Å²) in [4.78, 5) is 16.3. The van der Waals surface area contributed by atoms with Gasteiger partial charge in [0.25, 0.3) is 0 Å². The van der Waals surface area contributed by atoms with Crippen molar-refractivity contribution in [2.75, 3.05) is 0 Å². The number of hydrogen-bond acceptors (Lipinski definition) is 2. The largest absolute Gasteiger partial charge is 0.368 e. The van der Waals surface area contributed by atoms with E-state index in [4.69, 9.17) is 0 Å². The fraction of sp³-hybridized carbons (Fsp3) is 0.0588. The van der Waals surface area contributed by atoms with E-state index < -0.39 is 0 Å². The van der Waals surface area contributed by atoms with Gasteiger partial charge in [-0.2, -0.15) is 5.57 Å². The molecule has 0 atom stereocenters. The Morgan fingerprint density at radius 3 is 2.15 bits per heavy atom. The molecule has 0 spiro atoms. The van der Waals surface area contributed by atoms with Crippen molar-refractivity contribution in [3.05, 3.63) is 72.3 Å². The summed E-state index contributed by atoms with van der Waals surface area (Å²) in [6, 6.07) is 19.3. The number of carbonyl (C=O) groups excluding carboxylic acids is 1. The fourth-order valence-electron chi connectivity index (χ4n) is 2.04. The maximum absolute atomic E-state index is 11.9. The van der Waals surface area contributed by atoms with Crippen LogP contribution in [0.3, 0.4) is 0 Å². The van der Waals surface area contributed by atoms with Crippen molar-refractivity contribution >= 4 is 22.8 Å². The van der Waals surface area contributed by atoms with Gasteiger partial charge in [0, 0.05) is 32.7 Å². The van der Waals surface area contributed by atoms with E-state index in [9.17, 15) is 4.79 Å². The molecular formula is C17H12NOY-. The van der Waals surface area contributed by atoms with E-state index in [1.165, 1.54) is 0 Å². The topological polar surface area (TPSA) is 29.4 Å². The molecule has 1 aliphatic carbocycles. The number of rotatable bonds is 2. The van der Waals surface area contributed by atoms with Gasteiger partial charge >= 0.3 is 0 Å². The predicted molar refractivity (Wildman–Crippen MR) is 76.3 cm³/mol. The summed E-state index contributed by atoms with van der Waals surface area (Å²) in [7, 11) is 0. The number of hydrogen-bond donors (Lipinski definition) is 0. The van der Waals surface area contributed by atoms with Crippen molar-refractivity contribution < 1.29 is 37.5 Å². The third kappa shape index (κ3) is 3.39. The molecule has 0 N–H and O–H groups in total. The number of ketones is 1. The van der Waals surface area contributed by atoms with Gasteiger partial charge in [-0.25, -0.2) is 0 Å². The van der Waals surface area contributed by atoms with Gasteiger partial charge in [0.05, 0.1) is 11.5 Å². The van der Waals surface area contributed by atoms with Gasteiger partial charge in [-0.05, 0) is 24.3 Å². The van der Waals surface area contributed by atoms with Gasteiger partial charge < -0.3 is 4.79 Å². The van der Waals surface area contributed by atoms with Crippen molar-refractivity contribution in [1.82, 2.24) is 0 Å². The number of allylic oxidation sites excluding steroid dienone is 2. The maximum atomic E-state index is 11.9. The molecule has 1 radical (unpaired) electrons. The van der Waals surface area contributed by atoms with E-state index >= 15 is 0 Å². The molecule has 20 heavy (non-hydrogen) atoms. The molecule has 0 fully saturated rings. The van der Waals surface area contributed by atoms with Gasteiger partial charge in [0.2, 0.25) is 0 Å². The first kappa shape index (κ1) is 15.0. The average Bonchev–Trinajstić information content (AvgIpc) is 2.82. The molecule has 95 valence electrons. The van der Waals surface area contributed by atoms with Crippen LogP contribution in [0.25, 0.3) is 5.57 Å². The Kier molecular flexibility index (Phi) is 5.16. The second kappa shape index (κ2) is 6.87. The van der Waals surface area contributed by atoms with Crippen LogP contribution < -0.4 is 0 Å². The quantitative estimate of drug-likeness (QED) is 0.771. The third-order valence-corrected chi connectivity index (χ3v) is 2.99. The Balaban J connectivity index is 0.00000147. The molecule has 2 aromatic rings. The standard InChI is InChI=1S/C17H12NO.Y/c19-17-12-14(13-7-3-1-4-8-13)11-16(17)18-15-9-5-2-6-10-15;/h1-10H,12H2;/q-1;. The summed E-state index contributed by atoms with van der Waals surface area (Å²) in [5, 5.41) is 0. The molecule has 0 bridgehead atoms. The SMILES string of the molecule is O=C1CC(c2ccccc2)=[C-]C1=Nc1ccccc1.[Y]. The number of benzene rings is 2. The molecule has 3 heteroatoms. The molecule has 2 aromatic carbocycles. The van der Waals surface area contributed by atoms with Crippen LogP contribution in [0.5, 0.6) is 0 Å². The zero-order valence-electron chi connectivity index (χ0n) is 10.9. The van der Waals surface area contributed by atoms with E-state index in [1.54, 1.807) is 0 Å². The second-order valence-electron chi connectivity index (χ2n) is 4.37. The van der Waals surface area contributed by atoms with Crippen LogP contribution in [0.4, 0.5) is 5.69 Å². The molecule has 3 rings (SSSR count). The number of Topliss-reactive ketones (excluding diaryl/α,β-unsaturated/α-hetero) is 1. The molecule has 0 amide bonds. The minimum absolute atomic E-state index is 0. The summed E-state index contributed by atoms with van der Waals surface area (Å²) < 4.78 is 0. The predicted octanol–water partition coefficient (Wildman–Crippen LogP) is 3.62. The molecule has 0 saturated heterocycles. The molecule has 0 unspecified atom stereocenters. The van der Waals surface area contributed by atoms with Crippen molar-refractivity contribution in [3.63, 3.8) is 0 Å². The van der Waals surface area contributed by atoms with Crippen molar-refractivity contribution in [1.29, 1.82) is 0 Å². The molecule has 0 heterocycles. The summed E-state index contributed by atoms with van der Waals surface area (Å²) in [5.41, 5.74) is 3.16. The second-order valence-corrected chi connectivity index (χ2v) is 4.37. The zero-order valence-corrected chi connectivity index (χ0v) is 13.8. The molecule has 2 nitrogen and oxygen atoms in total. The fourth-order valence-corrected chi connectivity index (χ4v) is 2.04. The maximum Gasteiger partial charge on any atom is 0.0815 e. The average molecular weight is 335 g/mol. The van der Waals surface area contributed by atoms with Crippen LogP contribution in [0, 0.1) is 6.08 Å². The first-order valence-corrected chi connectivity index (χ1v) is 6.18. The Bertz CT molecular complexity index is 660. The Labute approximate surface area is 143 Å². The van der Waals surface area contributed by atoms with Crippen molar-refractivity contribution in [2.45, 2.75) is 6.42 Å². The number of aliphatic imine (C=N–C) groups is 1. The van der Waals surface area contributed by atoms with E-state index in [1.807, 2.05) is 60.7 Å². The number of nitrogens with zero attached hydrogens (tertiary/aromatic N) is 1. The minimum atomic E-state index is 0. The summed E-state index contributed by atoms with van der Waals surface area (Å²) in [5.74, 6) is 0.0303. The van der Waals surface area contributed by atoms with Crippen LogP contribution >= 0.6 is 0 Å². The number of carbonyl (C=O) groups is 1. The summed E-state index contributed by atoms with van der Waals surface area (Å²) in [6.45, 7) is 0. The molecule has 0 aliphatic heterocycles. The molecular weight excluding hydrogens is 323 g/mol. The van der Waals surface area contributed by atoms with E-state index in [2.05, 4.69) is 11.1 Å². The van der Waals surface area contributed by atoms with Crippen LogP contribution in [-0.2, 0) is 37.5 Å². The van der Waals surface area contributed by atoms with Gasteiger partial charge in [-0.3, -0.25) is 4.99 Å². The summed E-state index contributed by atoms with van der Waals surface area (Å²) in [6.07, 6.45) is 3.51. The zero-order chi connectivity index (χ0) is 13.1. The van der Waals surface area contributed by atoms with Crippen molar-refractivity contribution in [2.24, 2.45) is 4.99 Å². The first-order chi connectivity index (χ1) is 9.33. The smallest absolute Gasteiger partial charge is 0.0815 e. The van der Waals surface area contributed by atoms with Gasteiger partial charge in [-0.1, -0.05) is 36.4 Å². The minimum Gasteiger partial charge on any atom is -0.368 e.